The standard InChI is InChI=1S/C13H20FN3.2ClH/c1-10(15)9-17-6-5-16-8-13(17)11-3-2-4-12(14)7-11;;/h2-4,7,10,13,16H,5-6,8-9,15H2,1H3;2*1H. The highest BCUT2D eigenvalue weighted by atomic mass is 35.5. The van der Waals surface area contributed by atoms with Gasteiger partial charge in [0.25, 0.3) is 0 Å². The third kappa shape index (κ3) is 5.24. The summed E-state index contributed by atoms with van der Waals surface area (Å²) in [4.78, 5) is 2.33. The van der Waals surface area contributed by atoms with Crippen LogP contribution in [0, 0.1) is 5.82 Å². The highest BCUT2D eigenvalue weighted by Gasteiger charge is 2.24. The summed E-state index contributed by atoms with van der Waals surface area (Å²) in [5.74, 6) is -0.172. The molecule has 2 rings (SSSR count). The number of hydrogen-bond acceptors (Lipinski definition) is 3. The van der Waals surface area contributed by atoms with Crippen LogP contribution in [0.2, 0.25) is 0 Å². The van der Waals surface area contributed by atoms with Crippen molar-refractivity contribution in [1.29, 1.82) is 0 Å². The third-order valence-corrected chi connectivity index (χ3v) is 3.11. The molecule has 1 fully saturated rings. The molecule has 0 radical (unpaired) electrons. The summed E-state index contributed by atoms with van der Waals surface area (Å²) in [7, 11) is 0. The molecule has 1 aliphatic heterocycles. The van der Waals surface area contributed by atoms with Gasteiger partial charge < -0.3 is 11.1 Å². The molecule has 1 heterocycles. The largest absolute Gasteiger partial charge is 0.327 e. The Bertz CT molecular complexity index is 377. The van der Waals surface area contributed by atoms with Gasteiger partial charge in [0.1, 0.15) is 5.82 Å². The van der Waals surface area contributed by atoms with E-state index in [0.717, 1.165) is 31.7 Å². The molecule has 2 unspecified atom stereocenters. The van der Waals surface area contributed by atoms with E-state index in [4.69, 9.17) is 5.73 Å². The molecule has 2 atom stereocenters. The van der Waals surface area contributed by atoms with Crippen LogP contribution >= 0.6 is 24.8 Å². The molecule has 1 aromatic rings. The lowest BCUT2D eigenvalue weighted by molar-refractivity contribution is 0.155. The van der Waals surface area contributed by atoms with Crippen molar-refractivity contribution in [3.8, 4) is 0 Å². The fraction of sp³-hybridized carbons (Fsp3) is 0.538. The molecule has 0 aliphatic carbocycles. The van der Waals surface area contributed by atoms with E-state index in [-0.39, 0.29) is 42.7 Å². The average Bonchev–Trinajstić information content (AvgIpc) is 2.29. The molecule has 0 spiro atoms. The molecule has 3 nitrogen and oxygen atoms in total. The Morgan fingerprint density at radius 3 is 2.84 bits per heavy atom. The Labute approximate surface area is 126 Å². The minimum absolute atomic E-state index is 0. The number of piperazine rings is 1. The summed E-state index contributed by atoms with van der Waals surface area (Å²) in [6.07, 6.45) is 0. The molecule has 6 heteroatoms. The topological polar surface area (TPSA) is 41.3 Å². The molecular formula is C13H22Cl2FN3. The van der Waals surface area contributed by atoms with Crippen LogP contribution in [-0.4, -0.2) is 37.1 Å². The van der Waals surface area contributed by atoms with Crippen molar-refractivity contribution >= 4 is 24.8 Å². The molecule has 0 amide bonds. The predicted molar refractivity (Wildman–Crippen MR) is 81.7 cm³/mol. The van der Waals surface area contributed by atoms with Gasteiger partial charge in [-0.3, -0.25) is 4.90 Å². The van der Waals surface area contributed by atoms with Crippen LogP contribution in [0.4, 0.5) is 4.39 Å². The molecule has 0 aromatic heterocycles. The predicted octanol–water partition coefficient (Wildman–Crippen LogP) is 1.96. The Hall–Kier alpha value is -0.390. The highest BCUT2D eigenvalue weighted by Crippen LogP contribution is 2.22. The van der Waals surface area contributed by atoms with E-state index < -0.39 is 0 Å². The summed E-state index contributed by atoms with van der Waals surface area (Å²) in [5, 5.41) is 3.35. The summed E-state index contributed by atoms with van der Waals surface area (Å²) < 4.78 is 13.2. The van der Waals surface area contributed by atoms with Crippen molar-refractivity contribution in [2.45, 2.75) is 19.0 Å². The van der Waals surface area contributed by atoms with Crippen LogP contribution in [0.3, 0.4) is 0 Å². The fourth-order valence-corrected chi connectivity index (χ4v) is 2.38. The number of halogens is 3. The van der Waals surface area contributed by atoms with E-state index in [2.05, 4.69) is 10.2 Å². The van der Waals surface area contributed by atoms with Crippen LogP contribution in [0.5, 0.6) is 0 Å². The van der Waals surface area contributed by atoms with Gasteiger partial charge in [0.2, 0.25) is 0 Å². The van der Waals surface area contributed by atoms with Crippen molar-refractivity contribution in [2.24, 2.45) is 5.73 Å². The summed E-state index contributed by atoms with van der Waals surface area (Å²) in [6.45, 7) is 5.64. The molecule has 0 saturated carbocycles. The van der Waals surface area contributed by atoms with Gasteiger partial charge in [-0.25, -0.2) is 4.39 Å². The van der Waals surface area contributed by atoms with E-state index in [1.165, 1.54) is 6.07 Å². The molecule has 1 saturated heterocycles. The van der Waals surface area contributed by atoms with Gasteiger partial charge in [0.15, 0.2) is 0 Å². The Kier molecular flexibility index (Phi) is 8.54. The van der Waals surface area contributed by atoms with Crippen molar-refractivity contribution in [2.75, 3.05) is 26.2 Å². The first-order valence-electron chi connectivity index (χ1n) is 6.12. The van der Waals surface area contributed by atoms with Gasteiger partial charge in [-0.2, -0.15) is 0 Å². The quantitative estimate of drug-likeness (QED) is 0.897. The van der Waals surface area contributed by atoms with Gasteiger partial charge >= 0.3 is 0 Å². The van der Waals surface area contributed by atoms with Crippen molar-refractivity contribution in [3.63, 3.8) is 0 Å². The first kappa shape index (κ1) is 18.6. The molecule has 1 aromatic carbocycles. The number of nitrogens with zero attached hydrogens (tertiary/aromatic N) is 1. The average molecular weight is 310 g/mol. The van der Waals surface area contributed by atoms with E-state index in [0.29, 0.717) is 0 Å². The minimum Gasteiger partial charge on any atom is -0.327 e. The van der Waals surface area contributed by atoms with E-state index >= 15 is 0 Å². The first-order valence-corrected chi connectivity index (χ1v) is 6.12. The second-order valence-corrected chi connectivity index (χ2v) is 4.75. The second kappa shape index (κ2) is 8.72. The van der Waals surface area contributed by atoms with E-state index in [1.807, 2.05) is 13.0 Å². The summed E-state index contributed by atoms with van der Waals surface area (Å²) in [6, 6.07) is 7.22. The van der Waals surface area contributed by atoms with Crippen LogP contribution < -0.4 is 11.1 Å². The van der Waals surface area contributed by atoms with Gasteiger partial charge in [-0.15, -0.1) is 24.8 Å². The number of benzene rings is 1. The zero-order chi connectivity index (χ0) is 12.3. The maximum Gasteiger partial charge on any atom is 0.123 e. The normalized spacial score (nSPS) is 21.1. The lowest BCUT2D eigenvalue weighted by atomic mass is 10.0. The number of nitrogens with one attached hydrogen (secondary N) is 1. The maximum absolute atomic E-state index is 13.2. The Morgan fingerprint density at radius 1 is 1.47 bits per heavy atom. The number of rotatable bonds is 3. The monoisotopic (exact) mass is 309 g/mol. The third-order valence-electron chi connectivity index (χ3n) is 3.11. The minimum atomic E-state index is -0.172. The lowest BCUT2D eigenvalue weighted by Crippen LogP contribution is -2.49. The lowest BCUT2D eigenvalue weighted by Gasteiger charge is -2.37. The molecule has 1 aliphatic rings. The van der Waals surface area contributed by atoms with E-state index in [1.54, 1.807) is 12.1 Å². The van der Waals surface area contributed by atoms with Gasteiger partial charge in [0.05, 0.1) is 0 Å². The fourth-order valence-electron chi connectivity index (χ4n) is 2.38. The van der Waals surface area contributed by atoms with Gasteiger partial charge in [0, 0.05) is 38.3 Å². The smallest absolute Gasteiger partial charge is 0.123 e. The number of hydrogen-bond donors (Lipinski definition) is 2. The van der Waals surface area contributed by atoms with Crippen LogP contribution in [0.25, 0.3) is 0 Å². The molecule has 0 bridgehead atoms. The number of nitrogens with two attached hydrogens (primary N) is 1. The zero-order valence-corrected chi connectivity index (χ0v) is 12.6. The summed E-state index contributed by atoms with van der Waals surface area (Å²) in [5.41, 5.74) is 6.88. The first-order chi connectivity index (χ1) is 8.16. The van der Waals surface area contributed by atoms with Gasteiger partial charge in [-0.05, 0) is 24.6 Å². The van der Waals surface area contributed by atoms with Crippen LogP contribution in [-0.2, 0) is 0 Å². The SMILES string of the molecule is CC(N)CN1CCNCC1c1cccc(F)c1.Cl.Cl. The van der Waals surface area contributed by atoms with E-state index in [9.17, 15) is 4.39 Å². The van der Waals surface area contributed by atoms with Crippen molar-refractivity contribution in [3.05, 3.63) is 35.6 Å². The van der Waals surface area contributed by atoms with Gasteiger partial charge in [-0.1, -0.05) is 12.1 Å². The summed E-state index contributed by atoms with van der Waals surface area (Å²) >= 11 is 0. The van der Waals surface area contributed by atoms with Crippen LogP contribution in [0.1, 0.15) is 18.5 Å². The van der Waals surface area contributed by atoms with Crippen molar-refractivity contribution < 1.29 is 4.39 Å². The molecule has 110 valence electrons. The Balaban J connectivity index is 0.00000162. The molecule has 3 N–H and O–H groups in total. The Morgan fingerprint density at radius 2 is 2.21 bits per heavy atom. The molecule has 19 heavy (non-hydrogen) atoms. The second-order valence-electron chi connectivity index (χ2n) is 4.75. The molecular weight excluding hydrogens is 288 g/mol. The maximum atomic E-state index is 13.2. The van der Waals surface area contributed by atoms with Crippen LogP contribution in [0.15, 0.2) is 24.3 Å². The van der Waals surface area contributed by atoms with Crippen molar-refractivity contribution in [1.82, 2.24) is 10.2 Å². The zero-order valence-electron chi connectivity index (χ0n) is 11.0. The highest BCUT2D eigenvalue weighted by molar-refractivity contribution is 5.85.